The number of carbonyl (C=O) groups is 2. The Kier molecular flexibility index (Phi) is 6.31. The molecule has 138 valence electrons. The molecule has 5 N–H and O–H groups in total. The Hall–Kier alpha value is -2.91. The molecule has 0 heterocycles. The molecule has 0 unspecified atom stereocenters. The van der Waals surface area contributed by atoms with Crippen molar-refractivity contribution in [1.82, 2.24) is 10.6 Å². The van der Waals surface area contributed by atoms with Crippen LogP contribution in [0.4, 0.5) is 10.5 Å². The molecule has 2 rings (SSSR count). The monoisotopic (exact) mass is 376 g/mol. The van der Waals surface area contributed by atoms with Crippen molar-refractivity contribution in [2.45, 2.75) is 18.4 Å². The SMILES string of the molecule is Cc1ccc(NC(=O)CNC(=O)NCc2ccccc2)cc1S(N)(=O)=O. The van der Waals surface area contributed by atoms with E-state index in [1.165, 1.54) is 12.1 Å². The largest absolute Gasteiger partial charge is 0.334 e. The summed E-state index contributed by atoms with van der Waals surface area (Å²) in [7, 11) is -3.88. The van der Waals surface area contributed by atoms with E-state index in [9.17, 15) is 18.0 Å². The minimum Gasteiger partial charge on any atom is -0.334 e. The van der Waals surface area contributed by atoms with Crippen molar-refractivity contribution < 1.29 is 18.0 Å². The van der Waals surface area contributed by atoms with Gasteiger partial charge in [-0.3, -0.25) is 4.79 Å². The summed E-state index contributed by atoms with van der Waals surface area (Å²) in [5.41, 5.74) is 1.68. The average Bonchev–Trinajstić information content (AvgIpc) is 2.60. The summed E-state index contributed by atoms with van der Waals surface area (Å²) in [6.07, 6.45) is 0. The second kappa shape index (κ2) is 8.45. The topological polar surface area (TPSA) is 130 Å². The van der Waals surface area contributed by atoms with Crippen LogP contribution < -0.4 is 21.1 Å². The number of amides is 3. The van der Waals surface area contributed by atoms with E-state index in [0.29, 0.717) is 12.1 Å². The molecule has 2 aromatic rings. The Labute approximate surface area is 151 Å². The molecule has 26 heavy (non-hydrogen) atoms. The van der Waals surface area contributed by atoms with Gasteiger partial charge >= 0.3 is 6.03 Å². The number of hydrogen-bond donors (Lipinski definition) is 4. The molecular weight excluding hydrogens is 356 g/mol. The first-order valence-corrected chi connectivity index (χ1v) is 9.29. The summed E-state index contributed by atoms with van der Waals surface area (Å²) in [4.78, 5) is 23.5. The van der Waals surface area contributed by atoms with Gasteiger partial charge in [0.15, 0.2) is 0 Å². The van der Waals surface area contributed by atoms with Gasteiger partial charge in [0.2, 0.25) is 15.9 Å². The van der Waals surface area contributed by atoms with Gasteiger partial charge in [-0.25, -0.2) is 18.4 Å². The van der Waals surface area contributed by atoms with Crippen LogP contribution in [-0.4, -0.2) is 26.9 Å². The molecule has 0 saturated carbocycles. The number of urea groups is 1. The molecule has 0 radical (unpaired) electrons. The lowest BCUT2D eigenvalue weighted by Crippen LogP contribution is -2.39. The van der Waals surface area contributed by atoms with Gasteiger partial charge in [0.25, 0.3) is 0 Å². The van der Waals surface area contributed by atoms with Crippen LogP contribution in [0.2, 0.25) is 0 Å². The zero-order valence-corrected chi connectivity index (χ0v) is 15.0. The highest BCUT2D eigenvalue weighted by Gasteiger charge is 2.13. The van der Waals surface area contributed by atoms with E-state index in [2.05, 4.69) is 16.0 Å². The standard InChI is InChI=1S/C17H20N4O4S/c1-12-7-8-14(9-15(12)26(18,24)25)21-16(22)11-20-17(23)19-10-13-5-3-2-4-6-13/h2-9H,10-11H2,1H3,(H,21,22)(H2,18,24,25)(H2,19,20,23). The van der Waals surface area contributed by atoms with Crippen molar-refractivity contribution in [3.8, 4) is 0 Å². The summed E-state index contributed by atoms with van der Waals surface area (Å²) in [5, 5.41) is 12.7. The fourth-order valence-electron chi connectivity index (χ4n) is 2.19. The van der Waals surface area contributed by atoms with Crippen molar-refractivity contribution in [2.75, 3.05) is 11.9 Å². The maximum atomic E-state index is 11.9. The van der Waals surface area contributed by atoms with Crippen molar-refractivity contribution in [3.05, 3.63) is 59.7 Å². The lowest BCUT2D eigenvalue weighted by molar-refractivity contribution is -0.115. The van der Waals surface area contributed by atoms with Crippen LogP contribution in [0, 0.1) is 6.92 Å². The van der Waals surface area contributed by atoms with Crippen LogP contribution in [0.5, 0.6) is 0 Å². The van der Waals surface area contributed by atoms with Gasteiger partial charge in [-0.05, 0) is 30.2 Å². The zero-order chi connectivity index (χ0) is 19.2. The molecule has 0 atom stereocenters. The van der Waals surface area contributed by atoms with Gasteiger partial charge in [0, 0.05) is 12.2 Å². The molecule has 0 bridgehead atoms. The molecule has 0 aliphatic rings. The quantitative estimate of drug-likeness (QED) is 0.601. The van der Waals surface area contributed by atoms with Crippen molar-refractivity contribution in [1.29, 1.82) is 0 Å². The molecule has 0 aliphatic carbocycles. The molecule has 0 saturated heterocycles. The van der Waals surface area contributed by atoms with Gasteiger partial charge < -0.3 is 16.0 Å². The predicted octanol–water partition coefficient (Wildman–Crippen LogP) is 1.08. The number of primary sulfonamides is 1. The molecule has 2 aromatic carbocycles. The fourth-order valence-corrected chi connectivity index (χ4v) is 3.00. The number of rotatable bonds is 6. The molecule has 3 amide bonds. The Bertz CT molecular complexity index is 898. The van der Waals surface area contributed by atoms with E-state index in [0.717, 1.165) is 5.56 Å². The van der Waals surface area contributed by atoms with Gasteiger partial charge in [-0.2, -0.15) is 0 Å². The number of anilines is 1. The summed E-state index contributed by atoms with van der Waals surface area (Å²) < 4.78 is 23.0. The number of aryl methyl sites for hydroxylation is 1. The maximum Gasteiger partial charge on any atom is 0.315 e. The van der Waals surface area contributed by atoms with E-state index >= 15 is 0 Å². The van der Waals surface area contributed by atoms with Crippen LogP contribution in [0.3, 0.4) is 0 Å². The Morgan fingerprint density at radius 3 is 2.38 bits per heavy atom. The van der Waals surface area contributed by atoms with Gasteiger partial charge in [0.1, 0.15) is 0 Å². The molecule has 0 spiro atoms. The summed E-state index contributed by atoms with van der Waals surface area (Å²) in [5.74, 6) is -0.496. The first-order valence-electron chi connectivity index (χ1n) is 7.74. The van der Waals surface area contributed by atoms with Crippen molar-refractivity contribution in [3.63, 3.8) is 0 Å². The number of carbonyl (C=O) groups excluding carboxylic acids is 2. The van der Waals surface area contributed by atoms with E-state index in [-0.39, 0.29) is 17.1 Å². The van der Waals surface area contributed by atoms with Crippen LogP contribution in [-0.2, 0) is 21.4 Å². The number of nitrogens with two attached hydrogens (primary N) is 1. The second-order valence-electron chi connectivity index (χ2n) is 5.60. The first kappa shape index (κ1) is 19.4. The third kappa shape index (κ3) is 5.87. The van der Waals surface area contributed by atoms with Crippen molar-refractivity contribution in [2.24, 2.45) is 5.14 Å². The Morgan fingerprint density at radius 2 is 1.73 bits per heavy atom. The second-order valence-corrected chi connectivity index (χ2v) is 7.13. The lowest BCUT2D eigenvalue weighted by Gasteiger charge is -2.10. The Balaban J connectivity index is 1.84. The predicted molar refractivity (Wildman–Crippen MR) is 97.9 cm³/mol. The highest BCUT2D eigenvalue weighted by molar-refractivity contribution is 7.89. The lowest BCUT2D eigenvalue weighted by atomic mass is 10.2. The van der Waals surface area contributed by atoms with E-state index in [1.807, 2.05) is 30.3 Å². The molecule has 0 aliphatic heterocycles. The highest BCUT2D eigenvalue weighted by atomic mass is 32.2. The Morgan fingerprint density at radius 1 is 1.04 bits per heavy atom. The number of hydrogen-bond acceptors (Lipinski definition) is 4. The highest BCUT2D eigenvalue weighted by Crippen LogP contribution is 2.18. The summed E-state index contributed by atoms with van der Waals surface area (Å²) >= 11 is 0. The minimum absolute atomic E-state index is 0.0659. The van der Waals surface area contributed by atoms with Gasteiger partial charge in [-0.1, -0.05) is 36.4 Å². The number of sulfonamides is 1. The number of benzene rings is 2. The zero-order valence-electron chi connectivity index (χ0n) is 14.2. The van der Waals surface area contributed by atoms with Crippen LogP contribution in [0.1, 0.15) is 11.1 Å². The third-order valence-electron chi connectivity index (χ3n) is 3.48. The maximum absolute atomic E-state index is 11.9. The average molecular weight is 376 g/mol. The van der Waals surface area contributed by atoms with Crippen LogP contribution in [0.25, 0.3) is 0 Å². The minimum atomic E-state index is -3.88. The van der Waals surface area contributed by atoms with Crippen molar-refractivity contribution >= 4 is 27.6 Å². The van der Waals surface area contributed by atoms with Crippen LogP contribution >= 0.6 is 0 Å². The van der Waals surface area contributed by atoms with E-state index in [4.69, 9.17) is 5.14 Å². The third-order valence-corrected chi connectivity index (χ3v) is 4.54. The molecule has 0 fully saturated rings. The summed E-state index contributed by atoms with van der Waals surface area (Å²) in [6, 6.07) is 13.2. The normalized spacial score (nSPS) is 10.8. The van der Waals surface area contributed by atoms with E-state index in [1.54, 1.807) is 13.0 Å². The van der Waals surface area contributed by atoms with Crippen LogP contribution in [0.15, 0.2) is 53.4 Å². The number of nitrogens with one attached hydrogen (secondary N) is 3. The molecular formula is C17H20N4O4S. The fraction of sp³-hybridized carbons (Fsp3) is 0.176. The smallest absolute Gasteiger partial charge is 0.315 e. The molecule has 8 nitrogen and oxygen atoms in total. The summed E-state index contributed by atoms with van der Waals surface area (Å²) in [6.45, 7) is 1.67. The van der Waals surface area contributed by atoms with Gasteiger partial charge in [0.05, 0.1) is 11.4 Å². The molecule has 9 heteroatoms. The van der Waals surface area contributed by atoms with Gasteiger partial charge in [-0.15, -0.1) is 0 Å². The van der Waals surface area contributed by atoms with E-state index < -0.39 is 22.0 Å². The molecule has 0 aromatic heterocycles. The first-order chi connectivity index (χ1) is 12.3.